The van der Waals surface area contributed by atoms with Crippen molar-refractivity contribution >= 4 is 15.9 Å². The van der Waals surface area contributed by atoms with Crippen LogP contribution >= 0.6 is 0 Å². The Morgan fingerprint density at radius 1 is 1.33 bits per heavy atom. The summed E-state index contributed by atoms with van der Waals surface area (Å²) in [5, 5.41) is 8.31. The van der Waals surface area contributed by atoms with Crippen molar-refractivity contribution in [1.29, 1.82) is 0 Å². The summed E-state index contributed by atoms with van der Waals surface area (Å²) in [4.78, 5) is 0. The number of anilines is 1. The lowest BCUT2D eigenvalue weighted by Crippen LogP contribution is -2.39. The van der Waals surface area contributed by atoms with E-state index in [2.05, 4.69) is 5.32 Å². The van der Waals surface area contributed by atoms with Gasteiger partial charge in [-0.25, -0.2) is 5.14 Å². The van der Waals surface area contributed by atoms with Gasteiger partial charge in [0.15, 0.2) is 0 Å². The highest BCUT2D eigenvalue weighted by Crippen LogP contribution is 2.23. The minimum Gasteiger partial charge on any atom is -0.311 e. The molecule has 0 atom stereocenters. The van der Waals surface area contributed by atoms with E-state index in [9.17, 15) is 8.42 Å². The smallest absolute Gasteiger partial charge is 0.299 e. The second-order valence-electron chi connectivity index (χ2n) is 3.42. The van der Waals surface area contributed by atoms with Gasteiger partial charge in [0.25, 0.3) is 10.2 Å². The fourth-order valence-electron chi connectivity index (χ4n) is 1.69. The summed E-state index contributed by atoms with van der Waals surface area (Å²) >= 11 is 0. The molecule has 0 bridgehead atoms. The van der Waals surface area contributed by atoms with Crippen LogP contribution in [0.5, 0.6) is 0 Å². The zero-order valence-corrected chi connectivity index (χ0v) is 9.00. The topological polar surface area (TPSA) is 75.4 Å². The van der Waals surface area contributed by atoms with E-state index in [1.807, 2.05) is 18.2 Å². The van der Waals surface area contributed by atoms with E-state index in [0.717, 1.165) is 5.56 Å². The molecule has 0 radical (unpaired) electrons. The van der Waals surface area contributed by atoms with Crippen molar-refractivity contribution in [1.82, 2.24) is 5.32 Å². The summed E-state index contributed by atoms with van der Waals surface area (Å²) in [5.74, 6) is 0. The largest absolute Gasteiger partial charge is 0.311 e. The number of nitrogens with two attached hydrogens (primary N) is 1. The van der Waals surface area contributed by atoms with E-state index < -0.39 is 10.2 Å². The molecule has 82 valence electrons. The molecule has 0 fully saturated rings. The third-order valence-corrected chi connectivity index (χ3v) is 3.37. The third-order valence-electron chi connectivity index (χ3n) is 2.37. The van der Waals surface area contributed by atoms with Crippen molar-refractivity contribution < 1.29 is 8.42 Å². The molecule has 0 spiro atoms. The minimum absolute atomic E-state index is 0.371. The van der Waals surface area contributed by atoms with Gasteiger partial charge in [0, 0.05) is 19.6 Å². The van der Waals surface area contributed by atoms with Crippen LogP contribution in [0.25, 0.3) is 0 Å². The second kappa shape index (κ2) is 3.80. The van der Waals surface area contributed by atoms with E-state index in [0.29, 0.717) is 25.3 Å². The molecule has 1 aliphatic rings. The average Bonchev–Trinajstić information content (AvgIpc) is 2.38. The Balaban J connectivity index is 2.51. The molecule has 0 aliphatic carbocycles. The number of nitrogens with zero attached hydrogens (tertiary/aromatic N) is 1. The van der Waals surface area contributed by atoms with Gasteiger partial charge in [0.05, 0.1) is 5.69 Å². The molecule has 15 heavy (non-hydrogen) atoms. The first-order valence-electron chi connectivity index (χ1n) is 4.68. The lowest BCUT2D eigenvalue weighted by atomic mass is 10.2. The SMILES string of the molecule is NS(=O)(=O)N1CCNCc2ccccc21. The molecule has 6 heteroatoms. The molecule has 0 saturated carbocycles. The minimum atomic E-state index is -3.67. The fraction of sp³-hybridized carbons (Fsp3) is 0.333. The summed E-state index contributed by atoms with van der Waals surface area (Å²) in [5.41, 5.74) is 1.62. The van der Waals surface area contributed by atoms with Crippen LogP contribution in [-0.2, 0) is 16.8 Å². The van der Waals surface area contributed by atoms with Gasteiger partial charge in [0.1, 0.15) is 0 Å². The number of rotatable bonds is 1. The van der Waals surface area contributed by atoms with Gasteiger partial charge in [-0.3, -0.25) is 4.31 Å². The Kier molecular flexibility index (Phi) is 2.64. The standard InChI is InChI=1S/C9H13N3O2S/c10-15(13,14)12-6-5-11-7-8-3-1-2-4-9(8)12/h1-4,11H,5-7H2,(H2,10,13,14). The molecule has 0 saturated heterocycles. The van der Waals surface area contributed by atoms with Gasteiger partial charge in [-0.15, -0.1) is 0 Å². The Labute approximate surface area is 89.1 Å². The summed E-state index contributed by atoms with van der Waals surface area (Å²) < 4.78 is 24.0. The molecule has 3 N–H and O–H groups in total. The highest BCUT2D eigenvalue weighted by Gasteiger charge is 2.22. The summed E-state index contributed by atoms with van der Waals surface area (Å²) in [6.07, 6.45) is 0. The first-order valence-corrected chi connectivity index (χ1v) is 6.18. The number of hydrogen-bond acceptors (Lipinski definition) is 3. The summed E-state index contributed by atoms with van der Waals surface area (Å²) in [6.45, 7) is 1.64. The Hall–Kier alpha value is -1.11. The van der Waals surface area contributed by atoms with Gasteiger partial charge in [0.2, 0.25) is 0 Å². The van der Waals surface area contributed by atoms with Gasteiger partial charge < -0.3 is 5.32 Å². The zero-order chi connectivity index (χ0) is 10.9. The molecule has 0 amide bonds. The van der Waals surface area contributed by atoms with Gasteiger partial charge >= 0.3 is 0 Å². The second-order valence-corrected chi connectivity index (χ2v) is 4.89. The van der Waals surface area contributed by atoms with Crippen LogP contribution in [-0.4, -0.2) is 21.5 Å². The maximum Gasteiger partial charge on any atom is 0.299 e. The molecule has 1 aromatic carbocycles. The lowest BCUT2D eigenvalue weighted by molar-refractivity contribution is 0.591. The Morgan fingerprint density at radius 2 is 2.07 bits per heavy atom. The normalized spacial score (nSPS) is 17.0. The van der Waals surface area contributed by atoms with E-state index in [-0.39, 0.29) is 0 Å². The van der Waals surface area contributed by atoms with Crippen LogP contribution < -0.4 is 14.8 Å². The molecule has 5 nitrogen and oxygen atoms in total. The van der Waals surface area contributed by atoms with Crippen molar-refractivity contribution in [3.05, 3.63) is 29.8 Å². The average molecular weight is 227 g/mol. The van der Waals surface area contributed by atoms with Crippen LogP contribution in [0.1, 0.15) is 5.56 Å². The van der Waals surface area contributed by atoms with E-state index in [4.69, 9.17) is 5.14 Å². The zero-order valence-electron chi connectivity index (χ0n) is 8.18. The van der Waals surface area contributed by atoms with Crippen molar-refractivity contribution in [2.45, 2.75) is 6.54 Å². The quantitative estimate of drug-likeness (QED) is 0.697. The highest BCUT2D eigenvalue weighted by molar-refractivity contribution is 7.90. The third kappa shape index (κ3) is 2.11. The number of fused-ring (bicyclic) bond motifs is 1. The molecule has 1 aromatic rings. The number of para-hydroxylation sites is 1. The van der Waals surface area contributed by atoms with Crippen LogP contribution in [0.2, 0.25) is 0 Å². The van der Waals surface area contributed by atoms with Crippen LogP contribution in [0.15, 0.2) is 24.3 Å². The van der Waals surface area contributed by atoms with E-state index in [1.165, 1.54) is 4.31 Å². The maximum absolute atomic E-state index is 11.4. The van der Waals surface area contributed by atoms with Gasteiger partial charge in [-0.2, -0.15) is 8.42 Å². The molecule has 0 aromatic heterocycles. The maximum atomic E-state index is 11.4. The monoisotopic (exact) mass is 227 g/mol. The molecule has 2 rings (SSSR count). The van der Waals surface area contributed by atoms with Crippen LogP contribution in [0.4, 0.5) is 5.69 Å². The molecule has 0 unspecified atom stereocenters. The predicted molar refractivity (Wildman–Crippen MR) is 58.6 cm³/mol. The van der Waals surface area contributed by atoms with Crippen molar-refractivity contribution in [3.63, 3.8) is 0 Å². The first kappa shape index (κ1) is 10.4. The lowest BCUT2D eigenvalue weighted by Gasteiger charge is -2.20. The van der Waals surface area contributed by atoms with Gasteiger partial charge in [-0.1, -0.05) is 18.2 Å². The number of benzene rings is 1. The number of hydrogen-bond donors (Lipinski definition) is 2. The van der Waals surface area contributed by atoms with E-state index in [1.54, 1.807) is 6.07 Å². The fourth-order valence-corrected chi connectivity index (χ4v) is 2.49. The van der Waals surface area contributed by atoms with E-state index >= 15 is 0 Å². The van der Waals surface area contributed by atoms with Gasteiger partial charge in [-0.05, 0) is 11.6 Å². The molecular formula is C9H13N3O2S. The van der Waals surface area contributed by atoms with Crippen molar-refractivity contribution in [3.8, 4) is 0 Å². The Morgan fingerprint density at radius 3 is 2.80 bits per heavy atom. The first-order chi connectivity index (χ1) is 7.09. The van der Waals surface area contributed by atoms with Crippen LogP contribution in [0.3, 0.4) is 0 Å². The summed E-state index contributed by atoms with van der Waals surface area (Å²) in [6, 6.07) is 7.36. The number of nitrogens with one attached hydrogen (secondary N) is 1. The molecular weight excluding hydrogens is 214 g/mol. The Bertz CT molecular complexity index is 458. The highest BCUT2D eigenvalue weighted by atomic mass is 32.2. The van der Waals surface area contributed by atoms with Crippen LogP contribution in [0, 0.1) is 0 Å². The molecule has 1 heterocycles. The van der Waals surface area contributed by atoms with Crippen molar-refractivity contribution in [2.75, 3.05) is 17.4 Å². The predicted octanol–water partition coefficient (Wildman–Crippen LogP) is -0.200. The summed E-state index contributed by atoms with van der Waals surface area (Å²) in [7, 11) is -3.67. The molecule has 1 aliphatic heterocycles. The van der Waals surface area contributed by atoms with Crippen molar-refractivity contribution in [2.24, 2.45) is 5.14 Å².